The van der Waals surface area contributed by atoms with Crippen LogP contribution in [0.2, 0.25) is 0 Å². The molecule has 1 unspecified atom stereocenters. The van der Waals surface area contributed by atoms with Crippen LogP contribution in [0.25, 0.3) is 0 Å². The fraction of sp³-hybridized carbons (Fsp3) is 0.533. The van der Waals surface area contributed by atoms with Crippen LogP contribution in [-0.4, -0.2) is 37.5 Å². The van der Waals surface area contributed by atoms with Gasteiger partial charge in [0.15, 0.2) is 0 Å². The molecule has 1 aliphatic rings. The van der Waals surface area contributed by atoms with Crippen LogP contribution in [0, 0.1) is 12.8 Å². The lowest BCUT2D eigenvalue weighted by Crippen LogP contribution is -2.42. The van der Waals surface area contributed by atoms with Gasteiger partial charge in [0.05, 0.1) is 0 Å². The molecule has 0 spiro atoms. The topological polar surface area (TPSA) is 32.3 Å². The van der Waals surface area contributed by atoms with Crippen molar-refractivity contribution in [2.45, 2.75) is 19.8 Å². The maximum atomic E-state index is 12.5. The normalized spacial score (nSPS) is 19.5. The second kappa shape index (κ2) is 6.53. The van der Waals surface area contributed by atoms with Crippen LogP contribution in [0.5, 0.6) is 0 Å². The lowest BCUT2D eigenvalue weighted by molar-refractivity contribution is 0.0674. The van der Waals surface area contributed by atoms with Crippen molar-refractivity contribution in [3.05, 3.63) is 33.8 Å². The van der Waals surface area contributed by atoms with Crippen molar-refractivity contribution in [1.29, 1.82) is 0 Å². The molecule has 1 heterocycles. The Kier molecular flexibility index (Phi) is 4.99. The third-order valence-electron chi connectivity index (χ3n) is 3.72. The Morgan fingerprint density at radius 1 is 1.53 bits per heavy atom. The predicted molar refractivity (Wildman–Crippen MR) is 81.4 cm³/mol. The molecule has 0 aliphatic carbocycles. The minimum absolute atomic E-state index is 0.154. The molecule has 0 bridgehead atoms. The summed E-state index contributed by atoms with van der Waals surface area (Å²) >= 11 is 3.49. The number of carbonyl (C=O) groups is 1. The average Bonchev–Trinajstić information content (AvgIpc) is 2.42. The van der Waals surface area contributed by atoms with Crippen molar-refractivity contribution >= 4 is 21.8 Å². The van der Waals surface area contributed by atoms with Crippen LogP contribution < -0.4 is 5.32 Å². The van der Waals surface area contributed by atoms with Crippen LogP contribution >= 0.6 is 15.9 Å². The molecule has 1 N–H and O–H groups in total. The summed E-state index contributed by atoms with van der Waals surface area (Å²) in [5.74, 6) is 0.734. The Bertz CT molecular complexity index is 459. The molecular weight excluding hydrogens is 304 g/mol. The van der Waals surface area contributed by atoms with Crippen LogP contribution in [0.1, 0.15) is 28.8 Å². The molecule has 4 heteroatoms. The first kappa shape index (κ1) is 14.5. The monoisotopic (exact) mass is 324 g/mol. The van der Waals surface area contributed by atoms with Crippen LogP contribution in [0.4, 0.5) is 0 Å². The number of halogens is 1. The van der Waals surface area contributed by atoms with E-state index >= 15 is 0 Å². The van der Waals surface area contributed by atoms with Crippen molar-refractivity contribution < 1.29 is 4.79 Å². The second-order valence-electron chi connectivity index (χ2n) is 5.28. The number of likely N-dealkylation sites (tertiary alicyclic amines) is 1. The Morgan fingerprint density at radius 3 is 3.00 bits per heavy atom. The fourth-order valence-electron chi connectivity index (χ4n) is 2.61. The molecule has 104 valence electrons. The zero-order valence-corrected chi connectivity index (χ0v) is 13.2. The summed E-state index contributed by atoms with van der Waals surface area (Å²) in [6.45, 7) is 4.76. The van der Waals surface area contributed by atoms with Gasteiger partial charge in [-0.2, -0.15) is 0 Å². The van der Waals surface area contributed by atoms with E-state index in [9.17, 15) is 4.79 Å². The largest absolute Gasteiger partial charge is 0.338 e. The molecule has 0 aromatic heterocycles. The highest BCUT2D eigenvalue weighted by Gasteiger charge is 2.24. The van der Waals surface area contributed by atoms with Crippen LogP contribution in [0.15, 0.2) is 22.7 Å². The highest BCUT2D eigenvalue weighted by atomic mass is 79.9. The van der Waals surface area contributed by atoms with E-state index in [4.69, 9.17) is 0 Å². The van der Waals surface area contributed by atoms with Gasteiger partial charge in [-0.05, 0) is 57.0 Å². The van der Waals surface area contributed by atoms with E-state index in [1.165, 1.54) is 6.42 Å². The highest BCUT2D eigenvalue weighted by Crippen LogP contribution is 2.21. The number of hydrogen-bond donors (Lipinski definition) is 1. The van der Waals surface area contributed by atoms with Gasteiger partial charge < -0.3 is 10.2 Å². The Labute approximate surface area is 123 Å². The molecule has 19 heavy (non-hydrogen) atoms. The zero-order valence-electron chi connectivity index (χ0n) is 11.6. The Hall–Kier alpha value is -0.870. The maximum absolute atomic E-state index is 12.5. The van der Waals surface area contributed by atoms with E-state index in [2.05, 4.69) is 21.2 Å². The van der Waals surface area contributed by atoms with Gasteiger partial charge in [-0.25, -0.2) is 0 Å². The smallest absolute Gasteiger partial charge is 0.253 e. The van der Waals surface area contributed by atoms with Crippen molar-refractivity contribution in [2.75, 3.05) is 26.7 Å². The molecular formula is C15H21BrN2O. The number of nitrogens with one attached hydrogen (secondary N) is 1. The lowest BCUT2D eigenvalue weighted by Gasteiger charge is -2.32. The van der Waals surface area contributed by atoms with Gasteiger partial charge in [-0.1, -0.05) is 22.0 Å². The number of amides is 1. The summed E-state index contributed by atoms with van der Waals surface area (Å²) in [6, 6.07) is 5.84. The summed E-state index contributed by atoms with van der Waals surface area (Å²) in [5.41, 5.74) is 1.94. The molecule has 1 aromatic carbocycles. The molecule has 1 saturated heterocycles. The van der Waals surface area contributed by atoms with Gasteiger partial charge in [0.1, 0.15) is 0 Å². The molecule has 1 aromatic rings. The number of piperidine rings is 1. The van der Waals surface area contributed by atoms with Gasteiger partial charge in [0.2, 0.25) is 0 Å². The lowest BCUT2D eigenvalue weighted by atomic mass is 9.97. The number of benzene rings is 1. The molecule has 0 saturated carbocycles. The highest BCUT2D eigenvalue weighted by molar-refractivity contribution is 9.10. The van der Waals surface area contributed by atoms with Gasteiger partial charge in [0.25, 0.3) is 5.91 Å². The third-order valence-corrected chi connectivity index (χ3v) is 4.57. The van der Waals surface area contributed by atoms with Crippen molar-refractivity contribution in [3.8, 4) is 0 Å². The van der Waals surface area contributed by atoms with Gasteiger partial charge in [-0.15, -0.1) is 0 Å². The van der Waals surface area contributed by atoms with Crippen LogP contribution in [-0.2, 0) is 0 Å². The quantitative estimate of drug-likeness (QED) is 0.927. The molecule has 0 radical (unpaired) electrons. The summed E-state index contributed by atoms with van der Waals surface area (Å²) in [5, 5.41) is 3.21. The number of carbonyl (C=O) groups excluding carboxylic acids is 1. The summed E-state index contributed by atoms with van der Waals surface area (Å²) in [4.78, 5) is 14.5. The molecule has 1 aliphatic heterocycles. The maximum Gasteiger partial charge on any atom is 0.253 e. The zero-order chi connectivity index (χ0) is 13.8. The predicted octanol–water partition coefficient (Wildman–Crippen LogP) is 2.83. The van der Waals surface area contributed by atoms with E-state index in [-0.39, 0.29) is 5.91 Å². The first-order valence-electron chi connectivity index (χ1n) is 6.82. The standard InChI is InChI=1S/C15H21BrN2O/c1-11-5-6-13(8-14(11)16)15(19)18-7-3-4-12(10-18)9-17-2/h5-6,8,12,17H,3-4,7,9-10H2,1-2H3. The number of hydrogen-bond acceptors (Lipinski definition) is 2. The first-order chi connectivity index (χ1) is 9.11. The molecule has 1 amide bonds. The average molecular weight is 325 g/mol. The minimum Gasteiger partial charge on any atom is -0.338 e. The van der Waals surface area contributed by atoms with E-state index in [0.29, 0.717) is 5.92 Å². The van der Waals surface area contributed by atoms with Crippen molar-refractivity contribution in [2.24, 2.45) is 5.92 Å². The molecule has 1 atom stereocenters. The Balaban J connectivity index is 2.08. The first-order valence-corrected chi connectivity index (χ1v) is 7.61. The molecule has 2 rings (SSSR count). The van der Waals surface area contributed by atoms with Gasteiger partial charge >= 0.3 is 0 Å². The summed E-state index contributed by atoms with van der Waals surface area (Å²) in [6.07, 6.45) is 2.31. The van der Waals surface area contributed by atoms with E-state index < -0.39 is 0 Å². The number of nitrogens with zero attached hydrogens (tertiary/aromatic N) is 1. The number of rotatable bonds is 3. The van der Waals surface area contributed by atoms with Gasteiger partial charge in [-0.3, -0.25) is 4.79 Å². The minimum atomic E-state index is 0.154. The van der Waals surface area contributed by atoms with Crippen molar-refractivity contribution in [3.63, 3.8) is 0 Å². The summed E-state index contributed by atoms with van der Waals surface area (Å²) < 4.78 is 1.00. The molecule has 3 nitrogen and oxygen atoms in total. The van der Waals surface area contributed by atoms with E-state index in [1.807, 2.05) is 37.1 Å². The third kappa shape index (κ3) is 3.57. The fourth-order valence-corrected chi connectivity index (χ4v) is 2.99. The SMILES string of the molecule is CNCC1CCCN(C(=O)c2ccc(C)c(Br)c2)C1. The number of aryl methyl sites for hydroxylation is 1. The second-order valence-corrected chi connectivity index (χ2v) is 6.14. The summed E-state index contributed by atoms with van der Waals surface area (Å²) in [7, 11) is 1.97. The van der Waals surface area contributed by atoms with Crippen molar-refractivity contribution in [1.82, 2.24) is 10.2 Å². The Morgan fingerprint density at radius 2 is 2.32 bits per heavy atom. The molecule has 1 fully saturated rings. The van der Waals surface area contributed by atoms with E-state index in [1.54, 1.807) is 0 Å². The van der Waals surface area contributed by atoms with E-state index in [0.717, 1.165) is 41.7 Å². The van der Waals surface area contributed by atoms with Gasteiger partial charge in [0, 0.05) is 23.1 Å². The van der Waals surface area contributed by atoms with Crippen LogP contribution in [0.3, 0.4) is 0 Å².